The van der Waals surface area contributed by atoms with Crippen molar-refractivity contribution in [1.82, 2.24) is 19.6 Å². The summed E-state index contributed by atoms with van der Waals surface area (Å²) >= 11 is 0. The molecule has 8 heteroatoms. The molecule has 1 aliphatic rings. The van der Waals surface area contributed by atoms with Gasteiger partial charge in [0.1, 0.15) is 0 Å². The first-order valence-electron chi connectivity index (χ1n) is 6.96. The van der Waals surface area contributed by atoms with Crippen LogP contribution in [0.5, 0.6) is 0 Å². The third-order valence-corrected chi connectivity index (χ3v) is 3.49. The van der Waals surface area contributed by atoms with Crippen molar-refractivity contribution in [3.63, 3.8) is 0 Å². The molecule has 116 valence electrons. The molecule has 0 unspecified atom stereocenters. The number of amides is 2. The second kappa shape index (κ2) is 6.57. The SMILES string of the molecule is Cc1nn(C)cc1NC(=O)N1CCCN(CC(=O)O)CC1. The summed E-state index contributed by atoms with van der Waals surface area (Å²) in [4.78, 5) is 26.6. The summed E-state index contributed by atoms with van der Waals surface area (Å²) in [6, 6.07) is -0.164. The van der Waals surface area contributed by atoms with Crippen molar-refractivity contribution in [2.24, 2.45) is 7.05 Å². The van der Waals surface area contributed by atoms with Crippen molar-refractivity contribution < 1.29 is 14.7 Å². The van der Waals surface area contributed by atoms with Gasteiger partial charge in [0, 0.05) is 39.4 Å². The van der Waals surface area contributed by atoms with E-state index in [0.717, 1.165) is 12.1 Å². The van der Waals surface area contributed by atoms with Gasteiger partial charge in [-0.1, -0.05) is 0 Å². The minimum absolute atomic E-state index is 0.0250. The number of nitrogens with zero attached hydrogens (tertiary/aromatic N) is 4. The number of hydrogen-bond acceptors (Lipinski definition) is 4. The molecule has 0 bridgehead atoms. The van der Waals surface area contributed by atoms with Crippen LogP contribution in [-0.4, -0.2) is 69.4 Å². The summed E-state index contributed by atoms with van der Waals surface area (Å²) in [5.41, 5.74) is 1.47. The third kappa shape index (κ3) is 4.19. The number of anilines is 1. The van der Waals surface area contributed by atoms with Gasteiger partial charge in [-0.15, -0.1) is 0 Å². The molecule has 1 aromatic rings. The number of aryl methyl sites for hydroxylation is 2. The second-order valence-electron chi connectivity index (χ2n) is 5.24. The quantitative estimate of drug-likeness (QED) is 0.840. The number of aromatic nitrogens is 2. The maximum absolute atomic E-state index is 12.3. The number of aliphatic carboxylic acids is 1. The first-order valence-corrected chi connectivity index (χ1v) is 6.96. The number of carbonyl (C=O) groups excluding carboxylic acids is 1. The summed E-state index contributed by atoms with van der Waals surface area (Å²) in [5.74, 6) is -0.834. The molecule has 2 heterocycles. The van der Waals surface area contributed by atoms with Crippen molar-refractivity contribution in [2.45, 2.75) is 13.3 Å². The van der Waals surface area contributed by atoms with Gasteiger partial charge in [-0.05, 0) is 13.3 Å². The molecule has 0 spiro atoms. The lowest BCUT2D eigenvalue weighted by molar-refractivity contribution is -0.138. The fourth-order valence-electron chi connectivity index (χ4n) is 2.44. The Hall–Kier alpha value is -2.09. The van der Waals surface area contributed by atoms with E-state index in [1.165, 1.54) is 0 Å². The highest BCUT2D eigenvalue weighted by molar-refractivity contribution is 5.89. The van der Waals surface area contributed by atoms with E-state index in [4.69, 9.17) is 5.11 Å². The van der Waals surface area contributed by atoms with E-state index in [1.54, 1.807) is 22.8 Å². The van der Waals surface area contributed by atoms with Crippen LogP contribution in [-0.2, 0) is 11.8 Å². The van der Waals surface area contributed by atoms with Gasteiger partial charge >= 0.3 is 12.0 Å². The van der Waals surface area contributed by atoms with Crippen LogP contribution in [0, 0.1) is 6.92 Å². The van der Waals surface area contributed by atoms with Crippen LogP contribution in [0.4, 0.5) is 10.5 Å². The van der Waals surface area contributed by atoms with E-state index in [0.29, 0.717) is 31.9 Å². The zero-order valence-corrected chi connectivity index (χ0v) is 12.4. The summed E-state index contributed by atoms with van der Waals surface area (Å²) in [5, 5.41) is 15.9. The number of hydrogen-bond donors (Lipinski definition) is 2. The van der Waals surface area contributed by atoms with Gasteiger partial charge < -0.3 is 15.3 Å². The molecule has 0 aliphatic carbocycles. The second-order valence-corrected chi connectivity index (χ2v) is 5.24. The Labute approximate surface area is 123 Å². The summed E-state index contributed by atoms with van der Waals surface area (Å²) in [6.07, 6.45) is 2.54. The number of rotatable bonds is 3. The number of carbonyl (C=O) groups is 2. The Morgan fingerprint density at radius 2 is 2.10 bits per heavy atom. The number of carboxylic acid groups (broad SMARTS) is 1. The largest absolute Gasteiger partial charge is 0.480 e. The highest BCUT2D eigenvalue weighted by Crippen LogP contribution is 2.13. The fraction of sp³-hybridized carbons (Fsp3) is 0.615. The van der Waals surface area contributed by atoms with Crippen LogP contribution in [0.15, 0.2) is 6.20 Å². The third-order valence-electron chi connectivity index (χ3n) is 3.49. The van der Waals surface area contributed by atoms with Crippen molar-refractivity contribution >= 4 is 17.7 Å². The number of urea groups is 1. The van der Waals surface area contributed by atoms with Crippen LogP contribution in [0.3, 0.4) is 0 Å². The molecule has 1 aromatic heterocycles. The minimum Gasteiger partial charge on any atom is -0.480 e. The van der Waals surface area contributed by atoms with Crippen LogP contribution in [0.1, 0.15) is 12.1 Å². The van der Waals surface area contributed by atoms with Gasteiger partial charge in [0.15, 0.2) is 0 Å². The first kappa shape index (κ1) is 15.3. The highest BCUT2D eigenvalue weighted by atomic mass is 16.4. The molecule has 2 N–H and O–H groups in total. The minimum atomic E-state index is -0.834. The lowest BCUT2D eigenvalue weighted by Crippen LogP contribution is -2.38. The Balaban J connectivity index is 1.91. The lowest BCUT2D eigenvalue weighted by atomic mass is 10.4. The van der Waals surface area contributed by atoms with Crippen LogP contribution >= 0.6 is 0 Å². The zero-order chi connectivity index (χ0) is 15.4. The molecular formula is C13H21N5O3. The average Bonchev–Trinajstić information content (AvgIpc) is 2.61. The Morgan fingerprint density at radius 3 is 2.71 bits per heavy atom. The molecule has 2 rings (SSSR count). The van der Waals surface area contributed by atoms with Gasteiger partial charge in [0.05, 0.1) is 17.9 Å². The molecule has 0 radical (unpaired) electrons. The van der Waals surface area contributed by atoms with E-state index < -0.39 is 5.97 Å². The number of carboxylic acids is 1. The molecule has 8 nitrogen and oxygen atoms in total. The van der Waals surface area contributed by atoms with Gasteiger partial charge in [0.2, 0.25) is 0 Å². The predicted octanol–water partition coefficient (Wildman–Crippen LogP) is 0.353. The highest BCUT2D eigenvalue weighted by Gasteiger charge is 2.21. The fourth-order valence-corrected chi connectivity index (χ4v) is 2.44. The average molecular weight is 295 g/mol. The Bertz CT molecular complexity index is 528. The maximum Gasteiger partial charge on any atom is 0.321 e. The van der Waals surface area contributed by atoms with Crippen molar-refractivity contribution in [2.75, 3.05) is 38.0 Å². The molecule has 0 saturated carbocycles. The molecule has 0 aromatic carbocycles. The maximum atomic E-state index is 12.3. The normalized spacial score (nSPS) is 16.6. The van der Waals surface area contributed by atoms with E-state index >= 15 is 0 Å². The van der Waals surface area contributed by atoms with E-state index in [1.807, 2.05) is 11.8 Å². The molecule has 1 fully saturated rings. The zero-order valence-electron chi connectivity index (χ0n) is 12.4. The molecule has 2 amide bonds. The summed E-state index contributed by atoms with van der Waals surface area (Å²) in [6.45, 7) is 4.29. The predicted molar refractivity (Wildman–Crippen MR) is 77.2 cm³/mol. The van der Waals surface area contributed by atoms with Crippen molar-refractivity contribution in [1.29, 1.82) is 0 Å². The molecule has 21 heavy (non-hydrogen) atoms. The van der Waals surface area contributed by atoms with Crippen molar-refractivity contribution in [3.8, 4) is 0 Å². The molecule has 1 aliphatic heterocycles. The monoisotopic (exact) mass is 295 g/mol. The topological polar surface area (TPSA) is 90.7 Å². The van der Waals surface area contributed by atoms with E-state index in [2.05, 4.69) is 10.4 Å². The van der Waals surface area contributed by atoms with Crippen LogP contribution < -0.4 is 5.32 Å². The standard InChI is InChI=1S/C13H21N5O3/c1-10-11(8-16(2)15-10)14-13(21)18-5-3-4-17(6-7-18)9-12(19)20/h8H,3-7,9H2,1-2H3,(H,14,21)(H,19,20). The van der Waals surface area contributed by atoms with Gasteiger partial charge in [0.25, 0.3) is 0 Å². The smallest absolute Gasteiger partial charge is 0.321 e. The summed E-state index contributed by atoms with van der Waals surface area (Å²) < 4.78 is 1.65. The Kier molecular flexibility index (Phi) is 4.79. The first-order chi connectivity index (χ1) is 9.95. The molecule has 0 atom stereocenters. The van der Waals surface area contributed by atoms with Gasteiger partial charge in [-0.3, -0.25) is 14.4 Å². The van der Waals surface area contributed by atoms with E-state index in [-0.39, 0.29) is 12.6 Å². The molecular weight excluding hydrogens is 274 g/mol. The van der Waals surface area contributed by atoms with Crippen LogP contribution in [0.2, 0.25) is 0 Å². The van der Waals surface area contributed by atoms with Crippen LogP contribution in [0.25, 0.3) is 0 Å². The van der Waals surface area contributed by atoms with E-state index in [9.17, 15) is 9.59 Å². The van der Waals surface area contributed by atoms with Gasteiger partial charge in [-0.25, -0.2) is 4.79 Å². The molecule has 1 saturated heterocycles. The number of nitrogens with one attached hydrogen (secondary N) is 1. The Morgan fingerprint density at radius 1 is 1.33 bits per heavy atom. The van der Waals surface area contributed by atoms with Gasteiger partial charge in [-0.2, -0.15) is 5.10 Å². The lowest BCUT2D eigenvalue weighted by Gasteiger charge is -2.21. The summed E-state index contributed by atoms with van der Waals surface area (Å²) in [7, 11) is 1.80. The van der Waals surface area contributed by atoms with Crippen molar-refractivity contribution in [3.05, 3.63) is 11.9 Å².